The summed E-state index contributed by atoms with van der Waals surface area (Å²) in [5, 5.41) is 9.42. The van der Waals surface area contributed by atoms with Crippen molar-refractivity contribution in [3.05, 3.63) is 30.1 Å². The molecule has 1 fully saturated rings. The van der Waals surface area contributed by atoms with Crippen LogP contribution in [0.5, 0.6) is 0 Å². The highest BCUT2D eigenvalue weighted by atomic mass is 32.2. The first kappa shape index (κ1) is 14.9. The van der Waals surface area contributed by atoms with Crippen LogP contribution in [0.25, 0.3) is 0 Å². The molecule has 0 radical (unpaired) electrons. The molecule has 1 saturated heterocycles. The van der Waals surface area contributed by atoms with Gasteiger partial charge in [-0.2, -0.15) is 4.31 Å². The maximum Gasteiger partial charge on any atom is 0.325 e. The second-order valence-corrected chi connectivity index (χ2v) is 6.69. The number of sulfonamides is 1. The first-order chi connectivity index (χ1) is 9.34. The van der Waals surface area contributed by atoms with Gasteiger partial charge >= 0.3 is 5.97 Å². The number of carboxylic acids is 1. The molecule has 1 atom stereocenters. The van der Waals surface area contributed by atoms with Gasteiger partial charge in [0.1, 0.15) is 11.4 Å². The van der Waals surface area contributed by atoms with Gasteiger partial charge < -0.3 is 5.11 Å². The lowest BCUT2D eigenvalue weighted by molar-refractivity contribution is -0.147. The molecule has 7 heteroatoms. The number of benzene rings is 1. The molecule has 20 heavy (non-hydrogen) atoms. The lowest BCUT2D eigenvalue weighted by Crippen LogP contribution is -2.52. The summed E-state index contributed by atoms with van der Waals surface area (Å²) >= 11 is 0. The number of halogens is 1. The number of rotatable bonds is 4. The summed E-state index contributed by atoms with van der Waals surface area (Å²) in [4.78, 5) is 11.3. The lowest BCUT2D eigenvalue weighted by Gasteiger charge is -2.32. The van der Waals surface area contributed by atoms with Gasteiger partial charge in [-0.15, -0.1) is 0 Å². The minimum atomic E-state index is -4.01. The molecule has 2 rings (SSSR count). The van der Waals surface area contributed by atoms with E-state index >= 15 is 0 Å². The Kier molecular flexibility index (Phi) is 3.84. The Morgan fingerprint density at radius 2 is 2.20 bits per heavy atom. The molecule has 0 aromatic heterocycles. The van der Waals surface area contributed by atoms with Crippen molar-refractivity contribution in [2.75, 3.05) is 6.54 Å². The van der Waals surface area contributed by atoms with E-state index in [4.69, 9.17) is 0 Å². The van der Waals surface area contributed by atoms with Crippen molar-refractivity contribution in [1.82, 2.24) is 4.31 Å². The average Bonchev–Trinajstić information content (AvgIpc) is 2.84. The SMILES string of the molecule is CCC1(C(=O)O)CCCN1S(=O)(=O)c1cccc(F)c1. The van der Waals surface area contributed by atoms with Crippen molar-refractivity contribution in [2.45, 2.75) is 36.6 Å². The average molecular weight is 301 g/mol. The Bertz CT molecular complexity index is 631. The predicted molar refractivity (Wildman–Crippen MR) is 70.2 cm³/mol. The highest BCUT2D eigenvalue weighted by Crippen LogP contribution is 2.37. The minimum absolute atomic E-state index is 0.138. The van der Waals surface area contributed by atoms with Crippen LogP contribution in [0, 0.1) is 5.82 Å². The second-order valence-electron chi connectivity index (χ2n) is 4.83. The summed E-state index contributed by atoms with van der Waals surface area (Å²) in [6, 6.07) is 4.63. The van der Waals surface area contributed by atoms with Gasteiger partial charge in [-0.3, -0.25) is 4.79 Å². The van der Waals surface area contributed by atoms with E-state index in [0.29, 0.717) is 6.42 Å². The Balaban J connectivity index is 2.51. The van der Waals surface area contributed by atoms with Crippen molar-refractivity contribution in [3.63, 3.8) is 0 Å². The smallest absolute Gasteiger partial charge is 0.325 e. The van der Waals surface area contributed by atoms with Crippen LogP contribution in [-0.2, 0) is 14.8 Å². The van der Waals surface area contributed by atoms with Gasteiger partial charge in [-0.1, -0.05) is 13.0 Å². The largest absolute Gasteiger partial charge is 0.480 e. The third-order valence-corrected chi connectivity index (χ3v) is 5.76. The fourth-order valence-electron chi connectivity index (χ4n) is 2.68. The first-order valence-corrected chi connectivity index (χ1v) is 7.80. The highest BCUT2D eigenvalue weighted by Gasteiger charge is 2.52. The van der Waals surface area contributed by atoms with Gasteiger partial charge in [0.2, 0.25) is 10.0 Å². The van der Waals surface area contributed by atoms with Crippen LogP contribution >= 0.6 is 0 Å². The van der Waals surface area contributed by atoms with Crippen LogP contribution in [0.15, 0.2) is 29.2 Å². The molecular weight excluding hydrogens is 285 g/mol. The summed E-state index contributed by atoms with van der Waals surface area (Å²) in [6.07, 6.45) is 0.930. The summed E-state index contributed by atoms with van der Waals surface area (Å²) in [7, 11) is -4.01. The van der Waals surface area contributed by atoms with Crippen LogP contribution in [0.2, 0.25) is 0 Å². The molecule has 1 aromatic rings. The van der Waals surface area contributed by atoms with Crippen molar-refractivity contribution >= 4 is 16.0 Å². The molecule has 1 aliphatic rings. The normalized spacial score (nSPS) is 23.9. The maximum absolute atomic E-state index is 13.2. The van der Waals surface area contributed by atoms with Crippen molar-refractivity contribution in [3.8, 4) is 0 Å². The maximum atomic E-state index is 13.2. The topological polar surface area (TPSA) is 74.7 Å². The monoisotopic (exact) mass is 301 g/mol. The number of carboxylic acid groups (broad SMARTS) is 1. The molecule has 0 saturated carbocycles. The molecule has 0 bridgehead atoms. The van der Waals surface area contributed by atoms with Crippen molar-refractivity contribution < 1.29 is 22.7 Å². The van der Waals surface area contributed by atoms with Gasteiger partial charge in [0, 0.05) is 6.54 Å². The molecule has 5 nitrogen and oxygen atoms in total. The number of aliphatic carboxylic acids is 1. The summed E-state index contributed by atoms with van der Waals surface area (Å²) in [5.41, 5.74) is -1.43. The second kappa shape index (κ2) is 5.14. The van der Waals surface area contributed by atoms with Gasteiger partial charge in [0.15, 0.2) is 0 Å². The lowest BCUT2D eigenvalue weighted by atomic mass is 9.95. The standard InChI is InChI=1S/C13H16FNO4S/c1-2-13(12(16)17)7-4-8-15(13)20(18,19)11-6-3-5-10(14)9-11/h3,5-6,9H,2,4,7-8H2,1H3,(H,16,17). The third-order valence-electron chi connectivity index (χ3n) is 3.80. The van der Waals surface area contributed by atoms with E-state index in [1.807, 2.05) is 0 Å². The van der Waals surface area contributed by atoms with E-state index in [2.05, 4.69) is 0 Å². The van der Waals surface area contributed by atoms with Crippen LogP contribution in [0.3, 0.4) is 0 Å². The van der Waals surface area contributed by atoms with E-state index in [1.165, 1.54) is 12.1 Å². The minimum Gasteiger partial charge on any atom is -0.480 e. The number of nitrogens with zero attached hydrogens (tertiary/aromatic N) is 1. The van der Waals surface area contributed by atoms with E-state index in [0.717, 1.165) is 16.4 Å². The van der Waals surface area contributed by atoms with E-state index in [9.17, 15) is 22.7 Å². The Hall–Kier alpha value is -1.47. The summed E-state index contributed by atoms with van der Waals surface area (Å²) in [5.74, 6) is -1.82. The molecule has 0 aliphatic carbocycles. The van der Waals surface area contributed by atoms with Gasteiger partial charge in [-0.05, 0) is 37.5 Å². The van der Waals surface area contributed by atoms with Crippen LogP contribution in [-0.4, -0.2) is 35.9 Å². The third kappa shape index (κ3) is 2.20. The molecule has 1 heterocycles. The Labute approximate surface area is 117 Å². The van der Waals surface area contributed by atoms with E-state index in [1.54, 1.807) is 6.92 Å². The number of hydrogen-bond acceptors (Lipinski definition) is 3. The zero-order valence-electron chi connectivity index (χ0n) is 11.0. The zero-order valence-corrected chi connectivity index (χ0v) is 11.9. The van der Waals surface area contributed by atoms with E-state index in [-0.39, 0.29) is 24.3 Å². The van der Waals surface area contributed by atoms with Crippen LogP contribution < -0.4 is 0 Å². The van der Waals surface area contributed by atoms with Crippen molar-refractivity contribution in [1.29, 1.82) is 0 Å². The molecule has 1 unspecified atom stereocenters. The van der Waals surface area contributed by atoms with Gasteiger partial charge in [-0.25, -0.2) is 12.8 Å². The summed E-state index contributed by atoms with van der Waals surface area (Å²) < 4.78 is 39.3. The quantitative estimate of drug-likeness (QED) is 0.921. The molecular formula is C13H16FNO4S. The molecule has 0 spiro atoms. The number of hydrogen-bond donors (Lipinski definition) is 1. The van der Waals surface area contributed by atoms with Gasteiger partial charge in [0.25, 0.3) is 0 Å². The molecule has 0 amide bonds. The van der Waals surface area contributed by atoms with Crippen LogP contribution in [0.1, 0.15) is 26.2 Å². The fraction of sp³-hybridized carbons (Fsp3) is 0.462. The highest BCUT2D eigenvalue weighted by molar-refractivity contribution is 7.89. The van der Waals surface area contributed by atoms with Gasteiger partial charge in [0.05, 0.1) is 4.90 Å². The zero-order chi connectivity index (χ0) is 15.0. The molecule has 110 valence electrons. The Morgan fingerprint density at radius 3 is 2.75 bits per heavy atom. The molecule has 1 aromatic carbocycles. The fourth-order valence-corrected chi connectivity index (χ4v) is 4.57. The molecule has 1 N–H and O–H groups in total. The van der Waals surface area contributed by atoms with Crippen molar-refractivity contribution in [2.24, 2.45) is 0 Å². The van der Waals surface area contributed by atoms with E-state index < -0.39 is 27.3 Å². The number of carbonyl (C=O) groups is 1. The predicted octanol–water partition coefficient (Wildman–Crippen LogP) is 1.84. The van der Waals surface area contributed by atoms with Crippen LogP contribution in [0.4, 0.5) is 4.39 Å². The first-order valence-electron chi connectivity index (χ1n) is 6.36. The summed E-state index contributed by atoms with van der Waals surface area (Å²) in [6.45, 7) is 1.78. The molecule has 1 aliphatic heterocycles. The Morgan fingerprint density at radius 1 is 1.50 bits per heavy atom.